The van der Waals surface area contributed by atoms with Gasteiger partial charge in [-0.1, -0.05) is 325 Å². The van der Waals surface area contributed by atoms with Crippen LogP contribution in [-0.2, 0) is 65.4 Å². The molecule has 17 nitrogen and oxygen atoms in total. The Morgan fingerprint density at radius 3 is 0.755 bits per heavy atom. The highest BCUT2D eigenvalue weighted by Crippen LogP contribution is 2.45. The molecule has 0 bridgehead atoms. The predicted octanol–water partition coefficient (Wildman–Crippen LogP) is 21.7. The summed E-state index contributed by atoms with van der Waals surface area (Å²) in [6, 6.07) is 0. The monoisotopic (exact) mass is 1380 g/mol. The average Bonchev–Trinajstić information content (AvgIpc) is 2.45. The minimum Gasteiger partial charge on any atom is -0.462 e. The van der Waals surface area contributed by atoms with E-state index in [2.05, 4.69) is 55.4 Å². The van der Waals surface area contributed by atoms with Gasteiger partial charge < -0.3 is 33.8 Å². The zero-order valence-electron chi connectivity index (χ0n) is 61.6. The molecule has 0 aromatic heterocycles. The van der Waals surface area contributed by atoms with Gasteiger partial charge in [0.15, 0.2) is 12.2 Å². The van der Waals surface area contributed by atoms with E-state index in [1.165, 1.54) is 173 Å². The van der Waals surface area contributed by atoms with Crippen molar-refractivity contribution in [3.05, 3.63) is 0 Å². The quantitative estimate of drug-likeness (QED) is 0.0222. The fourth-order valence-electron chi connectivity index (χ4n) is 11.3. The van der Waals surface area contributed by atoms with Crippen molar-refractivity contribution in [3.63, 3.8) is 0 Å². The normalized spacial score (nSPS) is 14.4. The number of aliphatic hydroxyl groups is 1. The van der Waals surface area contributed by atoms with Gasteiger partial charge in [-0.3, -0.25) is 37.3 Å². The SMILES string of the molecule is CCC(C)CCCCCCCCC(=O)OC[C@H](COP(=O)(O)OC[C@H](O)COP(=O)(O)OC[C@@H](COC(=O)CCCCCCCCCCCCCC(C)C)OC(=O)CCCCCCCCCCC(C)C)OC(=O)CCCCCCCCCCCCCCCCCCC(C)C. The van der Waals surface area contributed by atoms with Crippen LogP contribution in [0.1, 0.15) is 376 Å². The van der Waals surface area contributed by atoms with Gasteiger partial charge in [-0.2, -0.15) is 0 Å². The van der Waals surface area contributed by atoms with E-state index in [9.17, 15) is 43.2 Å². The lowest BCUT2D eigenvalue weighted by Crippen LogP contribution is -2.30. The van der Waals surface area contributed by atoms with E-state index in [4.69, 9.17) is 37.0 Å². The van der Waals surface area contributed by atoms with E-state index >= 15 is 0 Å². The van der Waals surface area contributed by atoms with Crippen LogP contribution in [0.5, 0.6) is 0 Å². The summed E-state index contributed by atoms with van der Waals surface area (Å²) in [7, 11) is -9.91. The Kier molecular flexibility index (Phi) is 63.1. The molecule has 0 aromatic rings. The maximum absolute atomic E-state index is 13.1. The van der Waals surface area contributed by atoms with Crippen molar-refractivity contribution in [1.29, 1.82) is 0 Å². The molecule has 0 saturated carbocycles. The zero-order chi connectivity index (χ0) is 69.6. The van der Waals surface area contributed by atoms with Gasteiger partial charge in [0.2, 0.25) is 0 Å². The smallest absolute Gasteiger partial charge is 0.462 e. The van der Waals surface area contributed by atoms with E-state index in [1.807, 2.05) is 0 Å². The third-order valence-corrected chi connectivity index (χ3v) is 19.6. The van der Waals surface area contributed by atoms with Crippen molar-refractivity contribution in [3.8, 4) is 0 Å². The fraction of sp³-hybridized carbons (Fsp3) is 0.947. The van der Waals surface area contributed by atoms with E-state index in [0.29, 0.717) is 25.7 Å². The molecular weight excluding hydrogens is 1230 g/mol. The molecule has 19 heteroatoms. The van der Waals surface area contributed by atoms with Crippen LogP contribution in [0.3, 0.4) is 0 Å². The fourth-order valence-corrected chi connectivity index (χ4v) is 12.9. The molecule has 558 valence electrons. The van der Waals surface area contributed by atoms with Gasteiger partial charge in [-0.05, 0) is 49.4 Å². The van der Waals surface area contributed by atoms with Crippen LogP contribution in [0.4, 0.5) is 0 Å². The summed E-state index contributed by atoms with van der Waals surface area (Å²) in [5, 5.41) is 10.6. The lowest BCUT2D eigenvalue weighted by molar-refractivity contribution is -0.161. The summed E-state index contributed by atoms with van der Waals surface area (Å²) in [6.45, 7) is 14.1. The second kappa shape index (κ2) is 64.4. The number of phosphoric acid groups is 2. The molecule has 94 heavy (non-hydrogen) atoms. The Balaban J connectivity index is 5.21. The predicted molar refractivity (Wildman–Crippen MR) is 381 cm³/mol. The van der Waals surface area contributed by atoms with Crippen LogP contribution in [0.2, 0.25) is 0 Å². The molecule has 0 aliphatic heterocycles. The van der Waals surface area contributed by atoms with Gasteiger partial charge >= 0.3 is 39.5 Å². The molecule has 0 amide bonds. The number of aliphatic hydroxyl groups excluding tert-OH is 1. The highest BCUT2D eigenvalue weighted by molar-refractivity contribution is 7.47. The van der Waals surface area contributed by atoms with Crippen LogP contribution in [-0.4, -0.2) is 96.7 Å². The average molecular weight is 1380 g/mol. The third kappa shape index (κ3) is 67.3. The topological polar surface area (TPSA) is 237 Å². The van der Waals surface area contributed by atoms with Gasteiger partial charge in [-0.15, -0.1) is 0 Å². The molecule has 0 saturated heterocycles. The van der Waals surface area contributed by atoms with Crippen LogP contribution in [0.15, 0.2) is 0 Å². The van der Waals surface area contributed by atoms with Crippen molar-refractivity contribution in [2.45, 2.75) is 395 Å². The van der Waals surface area contributed by atoms with E-state index < -0.39 is 97.5 Å². The van der Waals surface area contributed by atoms with Gasteiger partial charge in [0.25, 0.3) is 0 Å². The second-order valence-corrected chi connectivity index (χ2v) is 31.6. The van der Waals surface area contributed by atoms with E-state index in [-0.39, 0.29) is 25.7 Å². The molecule has 3 N–H and O–H groups in total. The number of phosphoric ester groups is 2. The molecule has 3 unspecified atom stereocenters. The zero-order valence-corrected chi connectivity index (χ0v) is 63.4. The molecule has 6 atom stereocenters. The first-order chi connectivity index (χ1) is 45.1. The van der Waals surface area contributed by atoms with Crippen molar-refractivity contribution in [2.24, 2.45) is 23.7 Å². The van der Waals surface area contributed by atoms with Crippen molar-refractivity contribution < 1.29 is 80.2 Å². The van der Waals surface area contributed by atoms with Crippen LogP contribution in [0.25, 0.3) is 0 Å². The molecule has 0 spiro atoms. The Bertz CT molecular complexity index is 1850. The summed E-state index contributed by atoms with van der Waals surface area (Å²) >= 11 is 0. The minimum absolute atomic E-state index is 0.104. The number of carbonyl (C=O) groups is 4. The molecular formula is C75H146O17P2. The van der Waals surface area contributed by atoms with E-state index in [0.717, 1.165) is 120 Å². The molecule has 0 heterocycles. The van der Waals surface area contributed by atoms with Crippen molar-refractivity contribution in [1.82, 2.24) is 0 Å². The molecule has 0 radical (unpaired) electrons. The van der Waals surface area contributed by atoms with Gasteiger partial charge in [0.1, 0.15) is 19.3 Å². The number of unbranched alkanes of at least 4 members (excludes halogenated alkanes) is 37. The summed E-state index contributed by atoms with van der Waals surface area (Å²) in [6.07, 6.45) is 48.7. The second-order valence-electron chi connectivity index (χ2n) is 28.7. The highest BCUT2D eigenvalue weighted by Gasteiger charge is 2.30. The number of hydrogen-bond acceptors (Lipinski definition) is 15. The number of carbonyl (C=O) groups excluding carboxylic acids is 4. The van der Waals surface area contributed by atoms with Crippen LogP contribution < -0.4 is 0 Å². The minimum atomic E-state index is -4.96. The van der Waals surface area contributed by atoms with Crippen LogP contribution >= 0.6 is 15.6 Å². The van der Waals surface area contributed by atoms with Crippen LogP contribution in [0, 0.1) is 23.7 Å². The molecule has 0 aliphatic rings. The number of ether oxygens (including phenoxy) is 4. The number of rotatable bonds is 72. The summed E-state index contributed by atoms with van der Waals surface area (Å²) in [5.74, 6) is 0.905. The van der Waals surface area contributed by atoms with Gasteiger partial charge in [-0.25, -0.2) is 9.13 Å². The Labute approximate surface area is 575 Å². The first kappa shape index (κ1) is 92.1. The summed E-state index contributed by atoms with van der Waals surface area (Å²) in [4.78, 5) is 72.7. The van der Waals surface area contributed by atoms with Crippen molar-refractivity contribution in [2.75, 3.05) is 39.6 Å². The maximum Gasteiger partial charge on any atom is 0.472 e. The van der Waals surface area contributed by atoms with Gasteiger partial charge in [0.05, 0.1) is 26.4 Å². The first-order valence-electron chi connectivity index (χ1n) is 38.7. The van der Waals surface area contributed by atoms with E-state index in [1.54, 1.807) is 0 Å². The standard InChI is InChI=1S/C75H146O17P2/c1-9-68(8)54-46-38-33-34-40-48-56-73(78)86-62-71(91-74(79)57-49-41-31-24-19-15-13-11-10-12-14-17-21-27-35-43-51-65(2)3)64-90-94(83,84)88-60-69(76)59-87-93(81,82)89-63-70(92-75(80)58-50-42-32-26-25-29-37-45-53-67(6)7)61-85-72(77)55-47-39-30-23-20-16-18-22-28-36-44-52-66(4)5/h65-71,76H,9-64H2,1-8H3,(H,81,82)(H,83,84)/t68?,69-,70-,71-/m1/s1. The maximum atomic E-state index is 13.1. The number of esters is 4. The lowest BCUT2D eigenvalue weighted by atomic mass is 10.00. The molecule has 0 rings (SSSR count). The third-order valence-electron chi connectivity index (χ3n) is 17.7. The summed E-state index contributed by atoms with van der Waals surface area (Å²) < 4.78 is 68.5. The molecule has 0 fully saturated rings. The van der Waals surface area contributed by atoms with Gasteiger partial charge in [0, 0.05) is 25.7 Å². The summed E-state index contributed by atoms with van der Waals surface area (Å²) in [5.41, 5.74) is 0. The highest BCUT2D eigenvalue weighted by atomic mass is 31.2. The number of hydrogen-bond donors (Lipinski definition) is 3. The van der Waals surface area contributed by atoms with Crippen molar-refractivity contribution >= 4 is 39.5 Å². The Morgan fingerprint density at radius 1 is 0.298 bits per heavy atom. The lowest BCUT2D eigenvalue weighted by Gasteiger charge is -2.21. The Hall–Kier alpha value is -1.94. The largest absolute Gasteiger partial charge is 0.472 e. The molecule has 0 aliphatic carbocycles. The molecule has 0 aromatic carbocycles. The Morgan fingerprint density at radius 2 is 0.511 bits per heavy atom. The first-order valence-corrected chi connectivity index (χ1v) is 41.7.